The van der Waals surface area contributed by atoms with E-state index in [2.05, 4.69) is 5.32 Å². The maximum atomic E-state index is 13.7. The van der Waals surface area contributed by atoms with Crippen LogP contribution in [-0.2, 0) is 11.3 Å². The molecule has 0 saturated heterocycles. The predicted octanol–water partition coefficient (Wildman–Crippen LogP) is 4.23. The first kappa shape index (κ1) is 23.9. The van der Waals surface area contributed by atoms with E-state index in [1.807, 2.05) is 11.0 Å². The minimum atomic E-state index is -0.169. The Morgan fingerprint density at radius 1 is 1.06 bits per heavy atom. The van der Waals surface area contributed by atoms with Crippen LogP contribution in [0.5, 0.6) is 11.5 Å². The van der Waals surface area contributed by atoms with Crippen LogP contribution in [0.3, 0.4) is 0 Å². The lowest BCUT2D eigenvalue weighted by Gasteiger charge is -2.36. The summed E-state index contributed by atoms with van der Waals surface area (Å²) < 4.78 is 10.7. The second kappa shape index (κ2) is 10.7. The molecule has 0 aliphatic heterocycles. The van der Waals surface area contributed by atoms with E-state index in [0.29, 0.717) is 34.3 Å². The Morgan fingerprint density at radius 2 is 1.75 bits per heavy atom. The molecule has 3 rings (SSSR count). The molecule has 0 aromatic heterocycles. The standard InChI is InChI=1S/C24H30ClN3O4/c1-15(29)27-19-7-10-21(25)17(12-19)14-28(20-8-5-18(26)6-9-20)24(30)16-4-11-22(31-2)23(13-16)32-3/h4,7,10-13,18,20H,5-6,8-9,14,26H2,1-3H3,(H,27,29). The number of carbonyl (C=O) groups is 2. The summed E-state index contributed by atoms with van der Waals surface area (Å²) >= 11 is 6.47. The summed E-state index contributed by atoms with van der Waals surface area (Å²) in [6.07, 6.45) is 3.37. The Labute approximate surface area is 193 Å². The number of methoxy groups -OCH3 is 2. The number of hydrogen-bond donors (Lipinski definition) is 2. The maximum absolute atomic E-state index is 13.7. The largest absolute Gasteiger partial charge is 0.493 e. The first-order valence-corrected chi connectivity index (χ1v) is 11.0. The van der Waals surface area contributed by atoms with Crippen molar-refractivity contribution in [2.24, 2.45) is 5.73 Å². The SMILES string of the molecule is COc1ccc(C(=O)N(Cc2cc(NC(C)=O)ccc2Cl)C2CCC(N)CC2)cc1OC. The normalized spacial score (nSPS) is 18.0. The Morgan fingerprint density at radius 3 is 2.38 bits per heavy atom. The molecule has 0 unspecified atom stereocenters. The van der Waals surface area contributed by atoms with E-state index in [1.165, 1.54) is 6.92 Å². The van der Waals surface area contributed by atoms with Gasteiger partial charge in [-0.15, -0.1) is 0 Å². The van der Waals surface area contributed by atoms with Crippen molar-refractivity contribution in [2.75, 3.05) is 19.5 Å². The number of hydrogen-bond acceptors (Lipinski definition) is 5. The second-order valence-electron chi connectivity index (χ2n) is 8.06. The number of carbonyl (C=O) groups excluding carboxylic acids is 2. The van der Waals surface area contributed by atoms with Gasteiger partial charge in [-0.05, 0) is 67.6 Å². The zero-order chi connectivity index (χ0) is 23.3. The highest BCUT2D eigenvalue weighted by Gasteiger charge is 2.29. The summed E-state index contributed by atoms with van der Waals surface area (Å²) in [7, 11) is 3.10. The number of ether oxygens (including phenoxy) is 2. The van der Waals surface area contributed by atoms with E-state index < -0.39 is 0 Å². The molecule has 1 aliphatic rings. The fourth-order valence-electron chi connectivity index (χ4n) is 4.08. The van der Waals surface area contributed by atoms with Gasteiger partial charge in [-0.2, -0.15) is 0 Å². The molecule has 0 atom stereocenters. The smallest absolute Gasteiger partial charge is 0.254 e. The van der Waals surface area contributed by atoms with Crippen LogP contribution in [0.1, 0.15) is 48.5 Å². The summed E-state index contributed by atoms with van der Waals surface area (Å²) in [5, 5.41) is 3.31. The van der Waals surface area contributed by atoms with Gasteiger partial charge in [0.1, 0.15) is 0 Å². The average Bonchev–Trinajstić information content (AvgIpc) is 2.78. The molecule has 2 amide bonds. The molecular weight excluding hydrogens is 430 g/mol. The summed E-state index contributed by atoms with van der Waals surface area (Å²) in [5.74, 6) is 0.769. The van der Waals surface area contributed by atoms with Crippen molar-refractivity contribution in [1.29, 1.82) is 0 Å². The molecule has 7 nitrogen and oxygen atoms in total. The van der Waals surface area contributed by atoms with Crippen LogP contribution in [0.25, 0.3) is 0 Å². The highest BCUT2D eigenvalue weighted by molar-refractivity contribution is 6.31. The maximum Gasteiger partial charge on any atom is 0.254 e. The van der Waals surface area contributed by atoms with Crippen molar-refractivity contribution in [3.05, 3.63) is 52.5 Å². The first-order valence-electron chi connectivity index (χ1n) is 10.7. The molecule has 0 bridgehead atoms. The lowest BCUT2D eigenvalue weighted by molar-refractivity contribution is -0.114. The lowest BCUT2D eigenvalue weighted by Crippen LogP contribution is -2.44. The van der Waals surface area contributed by atoms with Crippen molar-refractivity contribution in [3.8, 4) is 11.5 Å². The van der Waals surface area contributed by atoms with Gasteiger partial charge >= 0.3 is 0 Å². The lowest BCUT2D eigenvalue weighted by atomic mass is 9.90. The molecule has 3 N–H and O–H groups in total. The Bertz CT molecular complexity index is 974. The molecule has 0 radical (unpaired) electrons. The van der Waals surface area contributed by atoms with Crippen LogP contribution in [0.15, 0.2) is 36.4 Å². The van der Waals surface area contributed by atoms with Gasteiger partial charge < -0.3 is 25.4 Å². The quantitative estimate of drug-likeness (QED) is 0.646. The van der Waals surface area contributed by atoms with Gasteiger partial charge in [0.25, 0.3) is 5.91 Å². The molecule has 0 spiro atoms. The van der Waals surface area contributed by atoms with E-state index >= 15 is 0 Å². The van der Waals surface area contributed by atoms with Gasteiger partial charge in [-0.25, -0.2) is 0 Å². The van der Waals surface area contributed by atoms with Gasteiger partial charge in [0.15, 0.2) is 11.5 Å². The number of nitrogens with zero attached hydrogens (tertiary/aromatic N) is 1. The predicted molar refractivity (Wildman–Crippen MR) is 125 cm³/mol. The van der Waals surface area contributed by atoms with Crippen LogP contribution in [0.4, 0.5) is 5.69 Å². The molecular formula is C24H30ClN3O4. The van der Waals surface area contributed by atoms with E-state index in [-0.39, 0.29) is 23.9 Å². The van der Waals surface area contributed by atoms with Crippen molar-refractivity contribution in [2.45, 2.75) is 51.2 Å². The minimum Gasteiger partial charge on any atom is -0.493 e. The van der Waals surface area contributed by atoms with Gasteiger partial charge in [0.2, 0.25) is 5.91 Å². The van der Waals surface area contributed by atoms with Crippen LogP contribution in [-0.4, -0.2) is 43.0 Å². The molecule has 172 valence electrons. The van der Waals surface area contributed by atoms with Gasteiger partial charge in [0.05, 0.1) is 14.2 Å². The fraction of sp³-hybridized carbons (Fsp3) is 0.417. The number of benzene rings is 2. The number of halogens is 1. The number of amides is 2. The van der Waals surface area contributed by atoms with Crippen LogP contribution in [0, 0.1) is 0 Å². The Kier molecular flexibility index (Phi) is 7.99. The topological polar surface area (TPSA) is 93.9 Å². The molecule has 2 aromatic carbocycles. The zero-order valence-electron chi connectivity index (χ0n) is 18.7. The monoisotopic (exact) mass is 459 g/mol. The summed E-state index contributed by atoms with van der Waals surface area (Å²) in [5.41, 5.74) is 8.01. The molecule has 1 saturated carbocycles. The van der Waals surface area contributed by atoms with E-state index in [4.69, 9.17) is 26.8 Å². The fourth-order valence-corrected chi connectivity index (χ4v) is 4.25. The number of nitrogens with one attached hydrogen (secondary N) is 1. The first-order chi connectivity index (χ1) is 15.3. The van der Waals surface area contributed by atoms with E-state index in [0.717, 1.165) is 31.2 Å². The Balaban J connectivity index is 1.94. The third-order valence-corrected chi connectivity index (χ3v) is 6.15. The number of nitrogens with two attached hydrogens (primary N) is 1. The van der Waals surface area contributed by atoms with E-state index in [1.54, 1.807) is 44.6 Å². The molecule has 2 aromatic rings. The molecule has 1 aliphatic carbocycles. The minimum absolute atomic E-state index is 0.0379. The Hall–Kier alpha value is -2.77. The highest BCUT2D eigenvalue weighted by atomic mass is 35.5. The van der Waals surface area contributed by atoms with Crippen molar-refractivity contribution in [1.82, 2.24) is 4.90 Å². The average molecular weight is 460 g/mol. The van der Waals surface area contributed by atoms with Crippen LogP contribution < -0.4 is 20.5 Å². The summed E-state index contributed by atoms with van der Waals surface area (Å²) in [6.45, 7) is 1.77. The number of anilines is 1. The van der Waals surface area contributed by atoms with Crippen LogP contribution in [0.2, 0.25) is 5.02 Å². The molecule has 0 heterocycles. The van der Waals surface area contributed by atoms with Crippen molar-refractivity contribution >= 4 is 29.1 Å². The molecule has 1 fully saturated rings. The molecule has 32 heavy (non-hydrogen) atoms. The van der Waals surface area contributed by atoms with Gasteiger partial charge in [-0.3, -0.25) is 9.59 Å². The van der Waals surface area contributed by atoms with Crippen molar-refractivity contribution in [3.63, 3.8) is 0 Å². The van der Waals surface area contributed by atoms with Crippen LogP contribution >= 0.6 is 11.6 Å². The summed E-state index contributed by atoms with van der Waals surface area (Å²) in [6, 6.07) is 10.6. The zero-order valence-corrected chi connectivity index (χ0v) is 19.4. The molecule has 8 heteroatoms. The third-order valence-electron chi connectivity index (χ3n) is 5.78. The second-order valence-corrected chi connectivity index (χ2v) is 8.47. The van der Waals surface area contributed by atoms with Gasteiger partial charge in [0, 0.05) is 41.8 Å². The highest BCUT2D eigenvalue weighted by Crippen LogP contribution is 2.31. The summed E-state index contributed by atoms with van der Waals surface area (Å²) in [4.78, 5) is 27.0. The van der Waals surface area contributed by atoms with E-state index in [9.17, 15) is 9.59 Å². The third kappa shape index (κ3) is 5.72. The number of rotatable bonds is 7. The van der Waals surface area contributed by atoms with Crippen molar-refractivity contribution < 1.29 is 19.1 Å². The van der Waals surface area contributed by atoms with Gasteiger partial charge in [-0.1, -0.05) is 11.6 Å².